The van der Waals surface area contributed by atoms with E-state index < -0.39 is 24.2 Å². The molecular formula is C68H72BN2STl. The van der Waals surface area contributed by atoms with E-state index in [9.17, 15) is 0 Å². The summed E-state index contributed by atoms with van der Waals surface area (Å²) in [6, 6.07) is 28.8. The molecule has 15 rings (SSSR count). The van der Waals surface area contributed by atoms with Crippen LogP contribution < -0.4 is 25.5 Å². The van der Waals surface area contributed by atoms with Gasteiger partial charge in [0.05, 0.1) is 0 Å². The topological polar surface area (TPSA) is 6.48 Å². The third-order valence-corrected chi connectivity index (χ3v) is 31.8. The molecule has 0 saturated carbocycles. The molecule has 1 aromatic heterocycles. The fourth-order valence-electron chi connectivity index (χ4n) is 16.8. The summed E-state index contributed by atoms with van der Waals surface area (Å²) in [4.78, 5) is 5.68. The maximum absolute atomic E-state index is 2.86. The Morgan fingerprint density at radius 2 is 1.19 bits per heavy atom. The molecule has 5 heteroatoms. The number of nitrogens with zero attached hydrogens (tertiary/aromatic N) is 2. The summed E-state index contributed by atoms with van der Waals surface area (Å²) < 4.78 is 5.37. The zero-order valence-corrected chi connectivity index (χ0v) is 52.5. The van der Waals surface area contributed by atoms with Gasteiger partial charge in [-0.1, -0.05) is 55.4 Å². The molecule has 2 unspecified atom stereocenters. The summed E-state index contributed by atoms with van der Waals surface area (Å²) in [6.07, 6.45) is 19.5. The molecule has 5 heterocycles. The van der Waals surface area contributed by atoms with Crippen LogP contribution in [0.1, 0.15) is 184 Å². The number of anilines is 6. The third kappa shape index (κ3) is 5.77. The fourth-order valence-corrected chi connectivity index (χ4v) is 27.5. The zero-order valence-electron chi connectivity index (χ0n) is 46.1. The Bertz CT molecular complexity index is 3730. The summed E-state index contributed by atoms with van der Waals surface area (Å²) in [5.74, 6) is 0. The van der Waals surface area contributed by atoms with Gasteiger partial charge in [0.25, 0.3) is 0 Å². The zero-order chi connectivity index (χ0) is 50.6. The number of benzene rings is 5. The number of rotatable bonds is 1. The summed E-state index contributed by atoms with van der Waals surface area (Å²) in [6.45, 7) is 35.4. The van der Waals surface area contributed by atoms with Crippen molar-refractivity contribution in [2.45, 2.75) is 177 Å². The molecule has 0 bridgehead atoms. The molecule has 6 aromatic rings. The van der Waals surface area contributed by atoms with Crippen molar-refractivity contribution < 1.29 is 0 Å². The van der Waals surface area contributed by atoms with Crippen LogP contribution in [0.5, 0.6) is 0 Å². The molecule has 0 N–H and O–H groups in total. The number of aryl methyl sites for hydroxylation is 1. The van der Waals surface area contributed by atoms with Crippen molar-refractivity contribution in [3.63, 3.8) is 0 Å². The molecule has 0 radical (unpaired) electrons. The average Bonchev–Trinajstić information content (AvgIpc) is 3.86. The van der Waals surface area contributed by atoms with Crippen molar-refractivity contribution in [3.05, 3.63) is 164 Å². The van der Waals surface area contributed by atoms with Gasteiger partial charge in [-0.25, -0.2) is 0 Å². The van der Waals surface area contributed by atoms with Gasteiger partial charge >= 0.3 is 359 Å². The molecule has 73 heavy (non-hydrogen) atoms. The van der Waals surface area contributed by atoms with Crippen molar-refractivity contribution in [3.8, 4) is 0 Å². The SMILES string of the molecule is Cc1cc2c3c4c1C1(C)C5=[C]([TlH][CH]6C=CC=CC6=C5)c5cccc(c51)N4c1cc4c(cc1B3c1sc3cc5c(cc3c1N2c1ccc2c(c1)C(C)(C)CCC2(C)C)C(C)(C)CCC5(C)C)C(C)(C)CCC4(C)C. The molecule has 0 saturated heterocycles. The van der Waals surface area contributed by atoms with Crippen LogP contribution in [0.15, 0.2) is 108 Å². The van der Waals surface area contributed by atoms with Crippen molar-refractivity contribution in [1.82, 2.24) is 0 Å². The Morgan fingerprint density at radius 1 is 0.575 bits per heavy atom. The van der Waals surface area contributed by atoms with Crippen molar-refractivity contribution >= 4 is 105 Å². The first kappa shape index (κ1) is 46.0. The molecule has 2 nitrogen and oxygen atoms in total. The van der Waals surface area contributed by atoms with E-state index in [1.807, 2.05) is 0 Å². The van der Waals surface area contributed by atoms with Gasteiger partial charge in [0.1, 0.15) is 0 Å². The van der Waals surface area contributed by atoms with Crippen LogP contribution in [-0.4, -0.2) is 30.9 Å². The predicted octanol–water partition coefficient (Wildman–Crippen LogP) is 16.0. The molecular weight excluding hydrogens is 1090 g/mol. The van der Waals surface area contributed by atoms with Crippen LogP contribution in [0, 0.1) is 6.92 Å². The molecule has 366 valence electrons. The number of fused-ring (bicyclic) bond motifs is 15. The molecule has 0 spiro atoms. The molecule has 5 aromatic carbocycles. The van der Waals surface area contributed by atoms with E-state index in [1.165, 1.54) is 115 Å². The van der Waals surface area contributed by atoms with E-state index in [0.29, 0.717) is 3.48 Å². The normalized spacial score (nSPS) is 25.3. The molecule has 0 amide bonds. The van der Waals surface area contributed by atoms with Gasteiger partial charge in [0, 0.05) is 0 Å². The van der Waals surface area contributed by atoms with Crippen molar-refractivity contribution in [2.24, 2.45) is 0 Å². The Labute approximate surface area is 452 Å². The molecule has 9 aliphatic rings. The third-order valence-electron chi connectivity index (χ3n) is 21.4. The Balaban J connectivity index is 1.10. The minimum absolute atomic E-state index is 0.0718. The van der Waals surface area contributed by atoms with Crippen LogP contribution >= 0.6 is 11.3 Å². The predicted molar refractivity (Wildman–Crippen MR) is 317 cm³/mol. The molecule has 4 aliphatic heterocycles. The first-order valence-electron chi connectivity index (χ1n) is 28.1. The molecule has 5 aliphatic carbocycles. The fraction of sp³-hybridized carbons (Fsp3) is 0.412. The van der Waals surface area contributed by atoms with Gasteiger partial charge in [0.15, 0.2) is 0 Å². The maximum atomic E-state index is 2.86. The van der Waals surface area contributed by atoms with E-state index in [0.717, 1.165) is 0 Å². The number of thiophene rings is 1. The van der Waals surface area contributed by atoms with Gasteiger partial charge in [-0.3, -0.25) is 0 Å². The summed E-state index contributed by atoms with van der Waals surface area (Å²) in [7, 11) is 0. The van der Waals surface area contributed by atoms with Crippen LogP contribution in [0.25, 0.3) is 13.2 Å². The molecule has 2 atom stereocenters. The quantitative estimate of drug-likeness (QED) is 0.151. The monoisotopic (exact) mass is 1160 g/mol. The first-order valence-corrected chi connectivity index (χ1v) is 34.8. The number of hydrogen-bond donors (Lipinski definition) is 0. The van der Waals surface area contributed by atoms with Crippen LogP contribution in [0.4, 0.5) is 34.1 Å². The molecule has 0 fully saturated rings. The van der Waals surface area contributed by atoms with Crippen molar-refractivity contribution in [1.29, 1.82) is 0 Å². The first-order chi connectivity index (χ1) is 34.4. The van der Waals surface area contributed by atoms with Crippen LogP contribution in [0.3, 0.4) is 0 Å². The Hall–Kier alpha value is -4.39. The van der Waals surface area contributed by atoms with Gasteiger partial charge < -0.3 is 0 Å². The van der Waals surface area contributed by atoms with Crippen LogP contribution in [-0.2, 0) is 37.9 Å². The second kappa shape index (κ2) is 14.1. The van der Waals surface area contributed by atoms with Crippen molar-refractivity contribution in [2.75, 3.05) is 9.80 Å². The summed E-state index contributed by atoms with van der Waals surface area (Å²) in [5, 5.41) is 1.43. The van der Waals surface area contributed by atoms with E-state index in [2.05, 4.69) is 215 Å². The average molecular weight is 1160 g/mol. The van der Waals surface area contributed by atoms with E-state index in [-0.39, 0.29) is 44.6 Å². The number of allylic oxidation sites excluding steroid dienone is 7. The van der Waals surface area contributed by atoms with E-state index in [1.54, 1.807) is 53.2 Å². The second-order valence-corrected chi connectivity index (χ2v) is 37.4. The van der Waals surface area contributed by atoms with Gasteiger partial charge in [-0.05, 0) is 41.9 Å². The van der Waals surface area contributed by atoms with Gasteiger partial charge in [0.2, 0.25) is 0 Å². The van der Waals surface area contributed by atoms with E-state index in [4.69, 9.17) is 0 Å². The Morgan fingerprint density at radius 3 is 1.88 bits per heavy atom. The summed E-state index contributed by atoms with van der Waals surface area (Å²) in [5.41, 5.74) is 30.2. The second-order valence-electron chi connectivity index (χ2n) is 28.6. The van der Waals surface area contributed by atoms with Gasteiger partial charge in [-0.2, -0.15) is 0 Å². The Kier molecular flexibility index (Phi) is 8.91. The standard InChI is InChI=1S/C68H71BN2S.Tl.H/c1-39-31-54-58-60-56(39)68(14)42(32-40-19-16-15-17-20-40)33-41-21-18-22-52(57(41)68)71(60)53-37-49-48(65(8,9)28-29-66(49,10)11)36-51(53)69(58)61-59(44-35-47-50(38-55(44)72-61)67(12,13)30-27-64(47,6)7)70(54)43-23-24-45-46(34-43)63(4,5)26-25-62(45,2)3;;/h15-24,31-32,34-38H,25-30H2,1-14H3;;. The van der Waals surface area contributed by atoms with Crippen LogP contribution in [0.2, 0.25) is 3.48 Å². The van der Waals surface area contributed by atoms with Gasteiger partial charge in [-0.15, -0.1) is 0 Å². The summed E-state index contributed by atoms with van der Waals surface area (Å²) >= 11 is 0.431. The minimum atomic E-state index is -1.69. The van der Waals surface area contributed by atoms with E-state index >= 15 is 0 Å². The number of hydrogen-bond acceptors (Lipinski definition) is 3.